The van der Waals surface area contributed by atoms with Gasteiger partial charge in [0.05, 0.1) is 0 Å². The van der Waals surface area contributed by atoms with E-state index in [-0.39, 0.29) is 13.6 Å². The number of hydrogen-bond donors (Lipinski definition) is 0. The standard InChI is InChI=1S/C18H17NO4/c1-19(2)14(13-4-6-16-18(9-13)23-11-21-16)7-12-3-5-15-17(8-12)22-10-20-15/h3-9H,10-11H2,1-2H3/b14-7+. The Labute approximate surface area is 134 Å². The van der Waals surface area contributed by atoms with Gasteiger partial charge in [0, 0.05) is 25.4 Å². The first-order chi connectivity index (χ1) is 11.2. The quantitative estimate of drug-likeness (QED) is 0.814. The molecule has 0 N–H and O–H groups in total. The Hall–Kier alpha value is -2.82. The summed E-state index contributed by atoms with van der Waals surface area (Å²) in [4.78, 5) is 2.07. The highest BCUT2D eigenvalue weighted by Gasteiger charge is 2.16. The van der Waals surface area contributed by atoms with Crippen LogP contribution in [0, 0.1) is 0 Å². The summed E-state index contributed by atoms with van der Waals surface area (Å²) >= 11 is 0. The van der Waals surface area contributed by atoms with E-state index in [1.807, 2.05) is 50.5 Å². The van der Waals surface area contributed by atoms with Crippen LogP contribution in [0.2, 0.25) is 0 Å². The molecule has 0 fully saturated rings. The van der Waals surface area contributed by atoms with Crippen molar-refractivity contribution < 1.29 is 18.9 Å². The van der Waals surface area contributed by atoms with E-state index in [1.165, 1.54) is 0 Å². The second-order valence-corrected chi connectivity index (χ2v) is 5.60. The van der Waals surface area contributed by atoms with Crippen LogP contribution >= 0.6 is 0 Å². The zero-order chi connectivity index (χ0) is 15.8. The first kappa shape index (κ1) is 13.8. The van der Waals surface area contributed by atoms with E-state index in [2.05, 4.69) is 11.0 Å². The molecule has 0 aromatic heterocycles. The fourth-order valence-electron chi connectivity index (χ4n) is 2.69. The Kier molecular flexibility index (Phi) is 3.26. The number of fused-ring (bicyclic) bond motifs is 2. The topological polar surface area (TPSA) is 40.2 Å². The molecule has 0 spiro atoms. The molecule has 0 bridgehead atoms. The molecule has 2 heterocycles. The van der Waals surface area contributed by atoms with Gasteiger partial charge >= 0.3 is 0 Å². The molecular weight excluding hydrogens is 294 g/mol. The maximum atomic E-state index is 5.48. The number of ether oxygens (including phenoxy) is 4. The molecule has 2 aromatic rings. The van der Waals surface area contributed by atoms with E-state index < -0.39 is 0 Å². The van der Waals surface area contributed by atoms with E-state index in [0.29, 0.717) is 0 Å². The minimum absolute atomic E-state index is 0.280. The second-order valence-electron chi connectivity index (χ2n) is 5.60. The molecule has 2 aliphatic heterocycles. The molecule has 2 aromatic carbocycles. The van der Waals surface area contributed by atoms with Gasteiger partial charge in [-0.05, 0) is 42.0 Å². The van der Waals surface area contributed by atoms with Crippen LogP contribution in [0.1, 0.15) is 11.1 Å². The second kappa shape index (κ2) is 5.43. The highest BCUT2D eigenvalue weighted by molar-refractivity contribution is 5.81. The molecule has 0 unspecified atom stereocenters. The lowest BCUT2D eigenvalue weighted by atomic mass is 10.1. The van der Waals surface area contributed by atoms with Gasteiger partial charge in [-0.1, -0.05) is 6.07 Å². The summed E-state index contributed by atoms with van der Waals surface area (Å²) in [5.41, 5.74) is 3.19. The zero-order valence-electron chi connectivity index (χ0n) is 13.0. The Morgan fingerprint density at radius 1 is 0.826 bits per heavy atom. The predicted octanol–water partition coefficient (Wildman–Crippen LogP) is 3.20. The molecule has 0 saturated heterocycles. The lowest BCUT2D eigenvalue weighted by molar-refractivity contribution is 0.173. The SMILES string of the molecule is CN(C)/C(=C/c1ccc2c(c1)OCO2)c1ccc2c(c1)OCO2. The van der Waals surface area contributed by atoms with Crippen molar-refractivity contribution in [3.63, 3.8) is 0 Å². The van der Waals surface area contributed by atoms with Crippen LogP contribution in [-0.2, 0) is 0 Å². The van der Waals surface area contributed by atoms with Crippen LogP contribution in [0.4, 0.5) is 0 Å². The van der Waals surface area contributed by atoms with Crippen molar-refractivity contribution in [2.75, 3.05) is 27.7 Å². The molecule has 0 atom stereocenters. The Bertz CT molecular complexity index is 783. The summed E-state index contributed by atoms with van der Waals surface area (Å²) in [5, 5.41) is 0. The smallest absolute Gasteiger partial charge is 0.231 e. The summed E-state index contributed by atoms with van der Waals surface area (Å²) in [6, 6.07) is 11.9. The third-order valence-electron chi connectivity index (χ3n) is 3.85. The molecule has 118 valence electrons. The van der Waals surface area contributed by atoms with Crippen molar-refractivity contribution in [1.82, 2.24) is 4.90 Å². The summed E-state index contributed by atoms with van der Waals surface area (Å²) in [7, 11) is 4.03. The highest BCUT2D eigenvalue weighted by atomic mass is 16.7. The number of rotatable bonds is 3. The zero-order valence-corrected chi connectivity index (χ0v) is 13.0. The van der Waals surface area contributed by atoms with E-state index >= 15 is 0 Å². The number of benzene rings is 2. The van der Waals surface area contributed by atoms with Crippen LogP contribution in [0.5, 0.6) is 23.0 Å². The van der Waals surface area contributed by atoms with Crippen molar-refractivity contribution in [1.29, 1.82) is 0 Å². The maximum Gasteiger partial charge on any atom is 0.231 e. The molecule has 2 aliphatic rings. The molecule has 5 nitrogen and oxygen atoms in total. The summed E-state index contributed by atoms with van der Waals surface area (Å²) in [6.45, 7) is 0.563. The minimum Gasteiger partial charge on any atom is -0.454 e. The molecule has 23 heavy (non-hydrogen) atoms. The van der Waals surface area contributed by atoms with E-state index in [4.69, 9.17) is 18.9 Å². The molecule has 4 rings (SSSR count). The summed E-state index contributed by atoms with van der Waals surface area (Å²) in [5.74, 6) is 3.13. The third kappa shape index (κ3) is 2.54. The van der Waals surface area contributed by atoms with E-state index in [1.54, 1.807) is 0 Å². The maximum absolute atomic E-state index is 5.48. The third-order valence-corrected chi connectivity index (χ3v) is 3.85. The van der Waals surface area contributed by atoms with Gasteiger partial charge in [0.25, 0.3) is 0 Å². The first-order valence-electron chi connectivity index (χ1n) is 7.39. The van der Waals surface area contributed by atoms with Gasteiger partial charge in [-0.2, -0.15) is 0 Å². The van der Waals surface area contributed by atoms with Crippen molar-refractivity contribution >= 4 is 11.8 Å². The average molecular weight is 311 g/mol. The fourth-order valence-corrected chi connectivity index (χ4v) is 2.69. The van der Waals surface area contributed by atoms with Crippen molar-refractivity contribution in [3.05, 3.63) is 47.5 Å². The van der Waals surface area contributed by atoms with Crippen LogP contribution in [0.3, 0.4) is 0 Å². The van der Waals surface area contributed by atoms with Gasteiger partial charge in [-0.25, -0.2) is 0 Å². The summed E-state index contributed by atoms with van der Waals surface area (Å²) in [6.07, 6.45) is 2.11. The monoisotopic (exact) mass is 311 g/mol. The normalized spacial score (nSPS) is 15.0. The lowest BCUT2D eigenvalue weighted by Crippen LogP contribution is -2.09. The highest BCUT2D eigenvalue weighted by Crippen LogP contribution is 2.36. The molecule has 0 amide bonds. The summed E-state index contributed by atoms with van der Waals surface area (Å²) < 4.78 is 21.7. The van der Waals surface area contributed by atoms with Gasteiger partial charge in [-0.15, -0.1) is 0 Å². The first-order valence-corrected chi connectivity index (χ1v) is 7.39. The molecule has 0 saturated carbocycles. The largest absolute Gasteiger partial charge is 0.454 e. The van der Waals surface area contributed by atoms with Crippen LogP contribution in [0.25, 0.3) is 11.8 Å². The van der Waals surface area contributed by atoms with Crippen LogP contribution < -0.4 is 18.9 Å². The molecular formula is C18H17NO4. The molecule has 5 heteroatoms. The molecule has 0 aliphatic carbocycles. The lowest BCUT2D eigenvalue weighted by Gasteiger charge is -2.18. The molecule has 0 radical (unpaired) electrons. The Morgan fingerprint density at radius 3 is 2.13 bits per heavy atom. The Morgan fingerprint density at radius 2 is 1.43 bits per heavy atom. The van der Waals surface area contributed by atoms with Gasteiger partial charge in [0.1, 0.15) is 0 Å². The minimum atomic E-state index is 0.280. The number of hydrogen-bond acceptors (Lipinski definition) is 5. The van der Waals surface area contributed by atoms with Crippen molar-refractivity contribution in [3.8, 4) is 23.0 Å². The van der Waals surface area contributed by atoms with Crippen LogP contribution in [0.15, 0.2) is 36.4 Å². The van der Waals surface area contributed by atoms with Gasteiger partial charge < -0.3 is 23.8 Å². The van der Waals surface area contributed by atoms with E-state index in [9.17, 15) is 0 Å². The average Bonchev–Trinajstić information content (AvgIpc) is 3.19. The van der Waals surface area contributed by atoms with Gasteiger partial charge in [0.2, 0.25) is 13.6 Å². The van der Waals surface area contributed by atoms with Gasteiger partial charge in [0.15, 0.2) is 23.0 Å². The number of nitrogens with zero attached hydrogens (tertiary/aromatic N) is 1. The van der Waals surface area contributed by atoms with Crippen molar-refractivity contribution in [2.24, 2.45) is 0 Å². The van der Waals surface area contributed by atoms with Crippen molar-refractivity contribution in [2.45, 2.75) is 0 Å². The van der Waals surface area contributed by atoms with E-state index in [0.717, 1.165) is 39.8 Å². The Balaban J connectivity index is 1.73. The van der Waals surface area contributed by atoms with Gasteiger partial charge in [-0.3, -0.25) is 0 Å². The van der Waals surface area contributed by atoms with Crippen LogP contribution in [-0.4, -0.2) is 32.6 Å². The fraction of sp³-hybridized carbons (Fsp3) is 0.222. The predicted molar refractivity (Wildman–Crippen MR) is 86.7 cm³/mol.